The lowest BCUT2D eigenvalue weighted by atomic mass is 9.82. The lowest BCUT2D eigenvalue weighted by molar-refractivity contribution is -0.0269. The molecule has 1 aromatic rings. The first-order valence-electron chi connectivity index (χ1n) is 7.43. The molecule has 1 fully saturated rings. The van der Waals surface area contributed by atoms with Gasteiger partial charge in [0.2, 0.25) is 0 Å². The van der Waals surface area contributed by atoms with Crippen molar-refractivity contribution in [1.29, 1.82) is 0 Å². The highest BCUT2D eigenvalue weighted by Gasteiger charge is 2.36. The average Bonchev–Trinajstić information content (AvgIpc) is 2.47. The van der Waals surface area contributed by atoms with Crippen LogP contribution in [0.2, 0.25) is 0 Å². The molecule has 19 heavy (non-hydrogen) atoms. The number of ether oxygens (including phenoxy) is 1. The summed E-state index contributed by atoms with van der Waals surface area (Å²) < 4.78 is 5.85. The molecule has 0 atom stereocenters. The zero-order valence-corrected chi connectivity index (χ0v) is 11.7. The minimum absolute atomic E-state index is 0.700. The number of aliphatic hydroxyl groups is 1. The van der Waals surface area contributed by atoms with Gasteiger partial charge in [0.1, 0.15) is 5.75 Å². The smallest absolute Gasteiger partial charge is 0.128 e. The van der Waals surface area contributed by atoms with Crippen molar-refractivity contribution in [2.45, 2.75) is 38.2 Å². The lowest BCUT2D eigenvalue weighted by Gasteiger charge is -2.39. The van der Waals surface area contributed by atoms with Gasteiger partial charge in [-0.1, -0.05) is 25.1 Å². The second-order valence-electron chi connectivity index (χ2n) is 5.71. The van der Waals surface area contributed by atoms with Crippen molar-refractivity contribution < 1.29 is 9.84 Å². The van der Waals surface area contributed by atoms with Crippen LogP contribution >= 0.6 is 0 Å². The van der Waals surface area contributed by atoms with E-state index < -0.39 is 5.60 Å². The van der Waals surface area contributed by atoms with E-state index >= 15 is 0 Å². The molecule has 1 N–H and O–H groups in total. The number of fused-ring (bicyclic) bond motifs is 1. The molecule has 0 unspecified atom stereocenters. The van der Waals surface area contributed by atoms with Crippen molar-refractivity contribution in [2.24, 2.45) is 0 Å². The molecule has 2 aliphatic heterocycles. The van der Waals surface area contributed by atoms with E-state index in [9.17, 15) is 5.11 Å². The van der Waals surface area contributed by atoms with Crippen LogP contribution in [-0.4, -0.2) is 36.2 Å². The molecule has 2 heterocycles. The highest BCUT2D eigenvalue weighted by Crippen LogP contribution is 2.41. The Morgan fingerprint density at radius 3 is 2.84 bits per heavy atom. The van der Waals surface area contributed by atoms with E-state index in [-0.39, 0.29) is 0 Å². The Morgan fingerprint density at radius 1 is 1.32 bits per heavy atom. The first-order chi connectivity index (χ1) is 9.23. The first kappa shape index (κ1) is 12.9. The van der Waals surface area contributed by atoms with Gasteiger partial charge in [-0.2, -0.15) is 0 Å². The van der Waals surface area contributed by atoms with Crippen LogP contribution in [0.4, 0.5) is 0 Å². The summed E-state index contributed by atoms with van der Waals surface area (Å²) in [5.74, 6) is 0.959. The van der Waals surface area contributed by atoms with Crippen molar-refractivity contribution >= 4 is 0 Å². The summed E-state index contributed by atoms with van der Waals surface area (Å²) in [4.78, 5) is 2.39. The Bertz CT molecular complexity index is 450. The molecule has 104 valence electrons. The third-order valence-electron chi connectivity index (χ3n) is 4.57. The molecular weight excluding hydrogens is 238 g/mol. The topological polar surface area (TPSA) is 32.7 Å². The summed E-state index contributed by atoms with van der Waals surface area (Å²) in [6.07, 6.45) is 3.76. The molecular formula is C16H23NO2. The fourth-order valence-electron chi connectivity index (χ4n) is 3.26. The Labute approximate surface area is 115 Å². The minimum Gasteiger partial charge on any atom is -0.493 e. The zero-order valence-electron chi connectivity index (χ0n) is 11.7. The maximum Gasteiger partial charge on any atom is 0.128 e. The van der Waals surface area contributed by atoms with Gasteiger partial charge >= 0.3 is 0 Å². The Kier molecular flexibility index (Phi) is 3.50. The maximum absolute atomic E-state index is 11.0. The second-order valence-corrected chi connectivity index (χ2v) is 5.71. The highest BCUT2D eigenvalue weighted by atomic mass is 16.5. The highest BCUT2D eigenvalue weighted by molar-refractivity contribution is 5.46. The number of likely N-dealkylation sites (tertiary alicyclic amines) is 1. The number of aryl methyl sites for hydroxylation is 1. The van der Waals surface area contributed by atoms with Gasteiger partial charge in [0.05, 0.1) is 12.2 Å². The molecule has 0 bridgehead atoms. The summed E-state index contributed by atoms with van der Waals surface area (Å²) in [5, 5.41) is 11.0. The summed E-state index contributed by atoms with van der Waals surface area (Å²) in [6, 6.07) is 6.24. The minimum atomic E-state index is -0.700. The number of para-hydroxylation sites is 1. The maximum atomic E-state index is 11.0. The van der Waals surface area contributed by atoms with Crippen molar-refractivity contribution in [3.05, 3.63) is 29.3 Å². The SMILES string of the molecule is CCN1CCC(O)(c2cccc3c2OCCC3)CC1. The van der Waals surface area contributed by atoms with Crippen LogP contribution in [0.5, 0.6) is 5.75 Å². The molecule has 3 heteroatoms. The fraction of sp³-hybridized carbons (Fsp3) is 0.625. The molecule has 0 radical (unpaired) electrons. The molecule has 3 nitrogen and oxygen atoms in total. The molecule has 0 saturated carbocycles. The van der Waals surface area contributed by atoms with Crippen LogP contribution in [0.1, 0.15) is 37.3 Å². The fourth-order valence-corrected chi connectivity index (χ4v) is 3.26. The predicted octanol–water partition coefficient (Wildman–Crippen LogP) is 2.31. The zero-order chi connectivity index (χ0) is 13.3. The standard InChI is InChI=1S/C16H23NO2/c1-2-17-10-8-16(18,9-11-17)14-7-3-5-13-6-4-12-19-15(13)14/h3,5,7,18H,2,4,6,8-12H2,1H3. The van der Waals surface area contributed by atoms with Gasteiger partial charge in [0.25, 0.3) is 0 Å². The van der Waals surface area contributed by atoms with E-state index in [2.05, 4.69) is 24.0 Å². The molecule has 0 spiro atoms. The van der Waals surface area contributed by atoms with Crippen LogP contribution in [0, 0.1) is 0 Å². The Hall–Kier alpha value is -1.06. The number of hydrogen-bond donors (Lipinski definition) is 1. The van der Waals surface area contributed by atoms with Gasteiger partial charge in [-0.05, 0) is 37.8 Å². The van der Waals surface area contributed by atoms with E-state index in [0.717, 1.165) is 63.2 Å². The number of benzene rings is 1. The normalized spacial score (nSPS) is 22.6. The predicted molar refractivity (Wildman–Crippen MR) is 75.5 cm³/mol. The van der Waals surface area contributed by atoms with Gasteiger partial charge in [0.15, 0.2) is 0 Å². The average molecular weight is 261 g/mol. The van der Waals surface area contributed by atoms with Crippen molar-refractivity contribution in [3.8, 4) is 5.75 Å². The molecule has 1 aromatic carbocycles. The lowest BCUT2D eigenvalue weighted by Crippen LogP contribution is -2.42. The molecule has 0 aliphatic carbocycles. The Balaban J connectivity index is 1.89. The molecule has 2 aliphatic rings. The van der Waals surface area contributed by atoms with Gasteiger partial charge in [-0.25, -0.2) is 0 Å². The van der Waals surface area contributed by atoms with E-state index in [1.807, 2.05) is 6.07 Å². The molecule has 0 aromatic heterocycles. The largest absolute Gasteiger partial charge is 0.493 e. The number of hydrogen-bond acceptors (Lipinski definition) is 3. The molecule has 3 rings (SSSR count). The van der Waals surface area contributed by atoms with E-state index in [0.29, 0.717) is 0 Å². The summed E-state index contributed by atoms with van der Waals surface area (Å²) in [7, 11) is 0. The van der Waals surface area contributed by atoms with Crippen LogP contribution in [0.3, 0.4) is 0 Å². The van der Waals surface area contributed by atoms with Crippen LogP contribution in [0.15, 0.2) is 18.2 Å². The third-order valence-corrected chi connectivity index (χ3v) is 4.57. The van der Waals surface area contributed by atoms with Crippen LogP contribution in [0.25, 0.3) is 0 Å². The second kappa shape index (κ2) is 5.14. The molecule has 0 amide bonds. The van der Waals surface area contributed by atoms with Crippen molar-refractivity contribution in [3.63, 3.8) is 0 Å². The van der Waals surface area contributed by atoms with Gasteiger partial charge in [0, 0.05) is 18.7 Å². The summed E-state index contributed by atoms with van der Waals surface area (Å²) in [5.41, 5.74) is 1.57. The van der Waals surface area contributed by atoms with Gasteiger partial charge in [-0.15, -0.1) is 0 Å². The van der Waals surface area contributed by atoms with Crippen LogP contribution in [-0.2, 0) is 12.0 Å². The van der Waals surface area contributed by atoms with E-state index in [1.54, 1.807) is 0 Å². The third kappa shape index (κ3) is 2.37. The Morgan fingerprint density at radius 2 is 2.11 bits per heavy atom. The quantitative estimate of drug-likeness (QED) is 0.887. The van der Waals surface area contributed by atoms with Crippen molar-refractivity contribution in [2.75, 3.05) is 26.2 Å². The monoisotopic (exact) mass is 261 g/mol. The first-order valence-corrected chi connectivity index (χ1v) is 7.43. The number of piperidine rings is 1. The summed E-state index contributed by atoms with van der Waals surface area (Å²) in [6.45, 7) is 5.96. The van der Waals surface area contributed by atoms with Gasteiger partial charge < -0.3 is 14.7 Å². The van der Waals surface area contributed by atoms with Crippen LogP contribution < -0.4 is 4.74 Å². The molecule has 1 saturated heterocycles. The van der Waals surface area contributed by atoms with Crippen molar-refractivity contribution in [1.82, 2.24) is 4.90 Å². The summed E-state index contributed by atoms with van der Waals surface area (Å²) >= 11 is 0. The van der Waals surface area contributed by atoms with E-state index in [1.165, 1.54) is 5.56 Å². The van der Waals surface area contributed by atoms with Gasteiger partial charge in [-0.3, -0.25) is 0 Å². The van der Waals surface area contributed by atoms with E-state index in [4.69, 9.17) is 4.74 Å². The number of rotatable bonds is 2. The number of nitrogens with zero attached hydrogens (tertiary/aromatic N) is 1.